The molecule has 1 aromatic carbocycles. The number of nitrogens with one attached hydrogen (secondary N) is 1. The van der Waals surface area contributed by atoms with Crippen molar-refractivity contribution in [3.8, 4) is 0 Å². The van der Waals surface area contributed by atoms with Crippen LogP contribution in [0, 0.1) is 0 Å². The van der Waals surface area contributed by atoms with Crippen LogP contribution >= 0.6 is 0 Å². The first kappa shape index (κ1) is 11.3. The van der Waals surface area contributed by atoms with Crippen LogP contribution in [0.2, 0.25) is 0 Å². The monoisotopic (exact) mass is 220 g/mol. The number of anilines is 2. The van der Waals surface area contributed by atoms with Gasteiger partial charge in [0.2, 0.25) is 0 Å². The van der Waals surface area contributed by atoms with Gasteiger partial charge < -0.3 is 15.0 Å². The van der Waals surface area contributed by atoms with Gasteiger partial charge >= 0.3 is 0 Å². The molecule has 0 aliphatic carbocycles. The first-order valence-electron chi connectivity index (χ1n) is 5.84. The third-order valence-corrected chi connectivity index (χ3v) is 3.19. The van der Waals surface area contributed by atoms with Gasteiger partial charge in [0.05, 0.1) is 17.5 Å². The Bertz CT molecular complexity index is 354. The van der Waals surface area contributed by atoms with E-state index < -0.39 is 0 Å². The molecule has 1 aliphatic rings. The van der Waals surface area contributed by atoms with Crippen LogP contribution in [0.5, 0.6) is 0 Å². The topological polar surface area (TPSA) is 24.5 Å². The van der Waals surface area contributed by atoms with Crippen LogP contribution in [0.4, 0.5) is 11.4 Å². The SMILES string of the molecule is COC(C)CN1c2ccccc2NCC1C. The number of methoxy groups -OCH3 is 1. The fourth-order valence-electron chi connectivity index (χ4n) is 2.11. The Labute approximate surface area is 97.4 Å². The molecule has 0 bridgehead atoms. The van der Waals surface area contributed by atoms with Crippen LogP contribution in [-0.4, -0.2) is 32.3 Å². The zero-order chi connectivity index (χ0) is 11.5. The first-order chi connectivity index (χ1) is 7.72. The van der Waals surface area contributed by atoms with Crippen molar-refractivity contribution in [2.75, 3.05) is 30.4 Å². The minimum atomic E-state index is 0.258. The molecular weight excluding hydrogens is 200 g/mol. The van der Waals surface area contributed by atoms with Gasteiger partial charge in [-0.05, 0) is 26.0 Å². The highest BCUT2D eigenvalue weighted by Crippen LogP contribution is 2.31. The van der Waals surface area contributed by atoms with Gasteiger partial charge in [-0.3, -0.25) is 0 Å². The second-order valence-electron chi connectivity index (χ2n) is 4.45. The Kier molecular flexibility index (Phi) is 3.34. The maximum Gasteiger partial charge on any atom is 0.0718 e. The van der Waals surface area contributed by atoms with E-state index in [4.69, 9.17) is 4.74 Å². The van der Waals surface area contributed by atoms with E-state index in [1.54, 1.807) is 7.11 Å². The molecule has 0 saturated heterocycles. The Morgan fingerprint density at radius 2 is 2.25 bits per heavy atom. The molecular formula is C13H20N2O. The lowest BCUT2D eigenvalue weighted by Crippen LogP contribution is -2.45. The Morgan fingerprint density at radius 1 is 1.50 bits per heavy atom. The molecule has 0 fully saturated rings. The minimum Gasteiger partial charge on any atom is -0.381 e. The van der Waals surface area contributed by atoms with Crippen molar-refractivity contribution in [3.63, 3.8) is 0 Å². The second kappa shape index (κ2) is 4.74. The number of para-hydroxylation sites is 2. The molecule has 2 rings (SSSR count). The Hall–Kier alpha value is -1.22. The smallest absolute Gasteiger partial charge is 0.0718 e. The number of benzene rings is 1. The summed E-state index contributed by atoms with van der Waals surface area (Å²) in [5.41, 5.74) is 2.51. The summed E-state index contributed by atoms with van der Waals surface area (Å²) < 4.78 is 5.35. The number of fused-ring (bicyclic) bond motifs is 1. The summed E-state index contributed by atoms with van der Waals surface area (Å²) in [7, 11) is 1.77. The van der Waals surface area contributed by atoms with Gasteiger partial charge in [0.15, 0.2) is 0 Å². The van der Waals surface area contributed by atoms with Crippen molar-refractivity contribution < 1.29 is 4.74 Å². The lowest BCUT2D eigenvalue weighted by molar-refractivity contribution is 0.121. The lowest BCUT2D eigenvalue weighted by Gasteiger charge is -2.38. The number of rotatable bonds is 3. The summed E-state index contributed by atoms with van der Waals surface area (Å²) in [5, 5.41) is 3.45. The molecule has 0 radical (unpaired) electrons. The number of ether oxygens (including phenoxy) is 1. The summed E-state index contributed by atoms with van der Waals surface area (Å²) in [5.74, 6) is 0. The molecule has 1 aliphatic heterocycles. The summed E-state index contributed by atoms with van der Waals surface area (Å²) in [6.07, 6.45) is 0.258. The number of hydrogen-bond acceptors (Lipinski definition) is 3. The molecule has 0 saturated carbocycles. The van der Waals surface area contributed by atoms with Crippen LogP contribution < -0.4 is 10.2 Å². The summed E-state index contributed by atoms with van der Waals surface area (Å²) >= 11 is 0. The molecule has 3 nitrogen and oxygen atoms in total. The fourth-order valence-corrected chi connectivity index (χ4v) is 2.11. The van der Waals surface area contributed by atoms with Crippen LogP contribution in [-0.2, 0) is 4.74 Å². The normalized spacial score (nSPS) is 21.2. The molecule has 0 amide bonds. The molecule has 2 unspecified atom stereocenters. The predicted molar refractivity (Wildman–Crippen MR) is 68.2 cm³/mol. The van der Waals surface area contributed by atoms with Crippen LogP contribution in [0.1, 0.15) is 13.8 Å². The first-order valence-corrected chi connectivity index (χ1v) is 5.84. The maximum atomic E-state index is 5.35. The average molecular weight is 220 g/mol. The molecule has 0 spiro atoms. The quantitative estimate of drug-likeness (QED) is 0.846. The van der Waals surface area contributed by atoms with E-state index in [9.17, 15) is 0 Å². The van der Waals surface area contributed by atoms with E-state index in [-0.39, 0.29) is 6.10 Å². The fraction of sp³-hybridized carbons (Fsp3) is 0.538. The molecule has 3 heteroatoms. The molecule has 16 heavy (non-hydrogen) atoms. The van der Waals surface area contributed by atoms with E-state index >= 15 is 0 Å². The highest BCUT2D eigenvalue weighted by atomic mass is 16.5. The number of hydrogen-bond donors (Lipinski definition) is 1. The maximum absolute atomic E-state index is 5.35. The highest BCUT2D eigenvalue weighted by Gasteiger charge is 2.23. The van der Waals surface area contributed by atoms with E-state index in [1.807, 2.05) is 0 Å². The van der Waals surface area contributed by atoms with Crippen LogP contribution in [0.3, 0.4) is 0 Å². The predicted octanol–water partition coefficient (Wildman–Crippen LogP) is 2.34. The van der Waals surface area contributed by atoms with Crippen LogP contribution in [0.25, 0.3) is 0 Å². The molecule has 0 aromatic heterocycles. The molecule has 88 valence electrons. The Morgan fingerprint density at radius 3 is 3.00 bits per heavy atom. The standard InChI is InChI=1S/C13H20N2O/c1-10-8-14-12-6-4-5-7-13(12)15(10)9-11(2)16-3/h4-7,10-11,14H,8-9H2,1-3H3. The van der Waals surface area contributed by atoms with E-state index in [0.29, 0.717) is 6.04 Å². The molecule has 1 aromatic rings. The van der Waals surface area contributed by atoms with Crippen molar-refractivity contribution in [1.29, 1.82) is 0 Å². The van der Waals surface area contributed by atoms with Gasteiger partial charge in [-0.2, -0.15) is 0 Å². The molecule has 1 N–H and O–H groups in total. The summed E-state index contributed by atoms with van der Waals surface area (Å²) in [6, 6.07) is 8.96. The van der Waals surface area contributed by atoms with Gasteiger partial charge in [-0.25, -0.2) is 0 Å². The zero-order valence-electron chi connectivity index (χ0n) is 10.2. The van der Waals surface area contributed by atoms with Gasteiger partial charge in [0.1, 0.15) is 0 Å². The highest BCUT2D eigenvalue weighted by molar-refractivity contribution is 5.72. The van der Waals surface area contributed by atoms with Crippen molar-refractivity contribution in [3.05, 3.63) is 24.3 Å². The van der Waals surface area contributed by atoms with Gasteiger partial charge in [-0.15, -0.1) is 0 Å². The van der Waals surface area contributed by atoms with Crippen molar-refractivity contribution in [1.82, 2.24) is 0 Å². The van der Waals surface area contributed by atoms with Crippen molar-refractivity contribution >= 4 is 11.4 Å². The van der Waals surface area contributed by atoms with Gasteiger partial charge in [0, 0.05) is 26.2 Å². The third-order valence-electron chi connectivity index (χ3n) is 3.19. The van der Waals surface area contributed by atoms with Crippen LogP contribution in [0.15, 0.2) is 24.3 Å². The summed E-state index contributed by atoms with van der Waals surface area (Å²) in [6.45, 7) is 6.28. The second-order valence-corrected chi connectivity index (χ2v) is 4.45. The summed E-state index contributed by atoms with van der Waals surface area (Å²) in [4.78, 5) is 2.42. The molecule has 1 heterocycles. The Balaban J connectivity index is 2.22. The van der Waals surface area contributed by atoms with Gasteiger partial charge in [-0.1, -0.05) is 12.1 Å². The molecule has 2 atom stereocenters. The number of nitrogens with zero attached hydrogens (tertiary/aromatic N) is 1. The average Bonchev–Trinajstić information content (AvgIpc) is 2.32. The third kappa shape index (κ3) is 2.14. The lowest BCUT2D eigenvalue weighted by atomic mass is 10.1. The van der Waals surface area contributed by atoms with E-state index in [2.05, 4.69) is 48.3 Å². The van der Waals surface area contributed by atoms with Crippen molar-refractivity contribution in [2.45, 2.75) is 26.0 Å². The largest absolute Gasteiger partial charge is 0.381 e. The van der Waals surface area contributed by atoms with E-state index in [1.165, 1.54) is 11.4 Å². The minimum absolute atomic E-state index is 0.258. The van der Waals surface area contributed by atoms with Crippen molar-refractivity contribution in [2.24, 2.45) is 0 Å². The van der Waals surface area contributed by atoms with Gasteiger partial charge in [0.25, 0.3) is 0 Å². The zero-order valence-corrected chi connectivity index (χ0v) is 10.2. The van der Waals surface area contributed by atoms with E-state index in [0.717, 1.165) is 13.1 Å².